The third-order valence-electron chi connectivity index (χ3n) is 3.14. The quantitative estimate of drug-likeness (QED) is 0.864. The zero-order valence-corrected chi connectivity index (χ0v) is 11.4. The van der Waals surface area contributed by atoms with Crippen LogP contribution in [0, 0.1) is 13.8 Å². The number of anilines is 1. The molecule has 0 aliphatic rings. The fourth-order valence-electron chi connectivity index (χ4n) is 1.86. The molecule has 0 aliphatic carbocycles. The second-order valence-electron chi connectivity index (χ2n) is 4.66. The maximum Gasteiger partial charge on any atom is 0.160 e. The number of nitrogens with zero attached hydrogens (tertiary/aromatic N) is 3. The molecule has 0 spiro atoms. The van der Waals surface area contributed by atoms with Crippen LogP contribution in [0.2, 0.25) is 0 Å². The Morgan fingerprint density at radius 3 is 2.78 bits per heavy atom. The SMILES string of the molecule is CCc1cc(NC(C)CO)n2nc(C)c(C)c2n1. The van der Waals surface area contributed by atoms with Crippen molar-refractivity contribution in [3.8, 4) is 0 Å². The highest BCUT2D eigenvalue weighted by Gasteiger charge is 2.12. The van der Waals surface area contributed by atoms with Crippen LogP contribution in [-0.2, 0) is 6.42 Å². The molecule has 2 aromatic rings. The number of aryl methyl sites for hydroxylation is 3. The van der Waals surface area contributed by atoms with Crippen LogP contribution < -0.4 is 5.32 Å². The predicted octanol–water partition coefficient (Wildman–Crippen LogP) is 1.70. The van der Waals surface area contributed by atoms with E-state index in [1.54, 1.807) is 0 Å². The van der Waals surface area contributed by atoms with Gasteiger partial charge in [-0.15, -0.1) is 0 Å². The number of aliphatic hydroxyl groups excluding tert-OH is 1. The van der Waals surface area contributed by atoms with Gasteiger partial charge >= 0.3 is 0 Å². The second-order valence-corrected chi connectivity index (χ2v) is 4.66. The highest BCUT2D eigenvalue weighted by molar-refractivity contribution is 5.56. The molecule has 0 saturated carbocycles. The van der Waals surface area contributed by atoms with E-state index < -0.39 is 0 Å². The van der Waals surface area contributed by atoms with Crippen LogP contribution in [0.3, 0.4) is 0 Å². The molecular formula is C13H20N4O. The highest BCUT2D eigenvalue weighted by atomic mass is 16.3. The minimum absolute atomic E-state index is 0.00915. The molecule has 5 heteroatoms. The molecule has 2 rings (SSSR count). The lowest BCUT2D eigenvalue weighted by Gasteiger charge is -2.14. The molecular weight excluding hydrogens is 228 g/mol. The van der Waals surface area contributed by atoms with Crippen LogP contribution in [0.4, 0.5) is 5.82 Å². The first kappa shape index (κ1) is 12.8. The molecule has 0 saturated heterocycles. The van der Waals surface area contributed by atoms with Gasteiger partial charge in [-0.1, -0.05) is 6.92 Å². The van der Waals surface area contributed by atoms with Crippen molar-refractivity contribution >= 4 is 11.5 Å². The average Bonchev–Trinajstić information content (AvgIpc) is 2.66. The lowest BCUT2D eigenvalue weighted by Crippen LogP contribution is -2.21. The van der Waals surface area contributed by atoms with Gasteiger partial charge in [0, 0.05) is 23.4 Å². The number of fused-ring (bicyclic) bond motifs is 1. The largest absolute Gasteiger partial charge is 0.394 e. The Morgan fingerprint density at radius 2 is 2.17 bits per heavy atom. The fraction of sp³-hybridized carbons (Fsp3) is 0.538. The Balaban J connectivity index is 2.58. The maximum absolute atomic E-state index is 9.15. The first-order valence-electron chi connectivity index (χ1n) is 6.30. The van der Waals surface area contributed by atoms with Gasteiger partial charge in [-0.3, -0.25) is 0 Å². The first-order chi connectivity index (χ1) is 8.56. The van der Waals surface area contributed by atoms with Gasteiger partial charge < -0.3 is 10.4 Å². The minimum Gasteiger partial charge on any atom is -0.394 e. The Morgan fingerprint density at radius 1 is 1.44 bits per heavy atom. The normalized spacial score (nSPS) is 12.9. The molecule has 0 aliphatic heterocycles. The third-order valence-corrected chi connectivity index (χ3v) is 3.14. The van der Waals surface area contributed by atoms with Crippen LogP contribution in [-0.4, -0.2) is 32.4 Å². The van der Waals surface area contributed by atoms with Crippen LogP contribution in [0.25, 0.3) is 5.65 Å². The summed E-state index contributed by atoms with van der Waals surface area (Å²) in [5, 5.41) is 16.9. The standard InChI is InChI=1S/C13H20N4O/c1-5-11-6-12(14-8(2)7-18)17-13(15-11)9(3)10(4)16-17/h6,8,14,18H,5,7H2,1-4H3. The lowest BCUT2D eigenvalue weighted by molar-refractivity contribution is 0.281. The van der Waals surface area contributed by atoms with Gasteiger partial charge in [0.15, 0.2) is 5.65 Å². The number of hydrogen-bond donors (Lipinski definition) is 2. The van der Waals surface area contributed by atoms with Crippen LogP contribution in [0.5, 0.6) is 0 Å². The van der Waals surface area contributed by atoms with Crippen molar-refractivity contribution in [2.75, 3.05) is 11.9 Å². The lowest BCUT2D eigenvalue weighted by atomic mass is 10.2. The van der Waals surface area contributed by atoms with Gasteiger partial charge in [-0.05, 0) is 27.2 Å². The van der Waals surface area contributed by atoms with Crippen molar-refractivity contribution in [3.05, 3.63) is 23.0 Å². The number of rotatable bonds is 4. The second kappa shape index (κ2) is 4.94. The molecule has 1 atom stereocenters. The zero-order chi connectivity index (χ0) is 13.3. The van der Waals surface area contributed by atoms with Crippen molar-refractivity contribution in [2.24, 2.45) is 0 Å². The Bertz CT molecular complexity index is 562. The summed E-state index contributed by atoms with van der Waals surface area (Å²) in [6.07, 6.45) is 0.877. The average molecular weight is 248 g/mol. The van der Waals surface area contributed by atoms with Crippen molar-refractivity contribution in [1.29, 1.82) is 0 Å². The van der Waals surface area contributed by atoms with Gasteiger partial charge in [0.25, 0.3) is 0 Å². The summed E-state index contributed by atoms with van der Waals surface area (Å²) in [5.41, 5.74) is 4.00. The Kier molecular flexibility index (Phi) is 3.52. The monoisotopic (exact) mass is 248 g/mol. The molecule has 0 amide bonds. The van der Waals surface area contributed by atoms with Gasteiger partial charge in [0.1, 0.15) is 5.82 Å². The fourth-order valence-corrected chi connectivity index (χ4v) is 1.86. The number of aromatic nitrogens is 3. The van der Waals surface area contributed by atoms with E-state index in [1.807, 2.05) is 31.4 Å². The molecule has 2 aromatic heterocycles. The van der Waals surface area contributed by atoms with E-state index in [4.69, 9.17) is 5.11 Å². The van der Waals surface area contributed by atoms with Crippen molar-refractivity contribution in [2.45, 2.75) is 40.2 Å². The van der Waals surface area contributed by atoms with Crippen LogP contribution >= 0.6 is 0 Å². The summed E-state index contributed by atoms with van der Waals surface area (Å²) in [7, 11) is 0. The van der Waals surface area contributed by atoms with Gasteiger partial charge in [-0.25, -0.2) is 4.98 Å². The summed E-state index contributed by atoms with van der Waals surface area (Å²) in [4.78, 5) is 4.61. The highest BCUT2D eigenvalue weighted by Crippen LogP contribution is 2.19. The van der Waals surface area contributed by atoms with E-state index in [0.717, 1.165) is 34.8 Å². The molecule has 0 fully saturated rings. The van der Waals surface area contributed by atoms with Crippen molar-refractivity contribution < 1.29 is 5.11 Å². The van der Waals surface area contributed by atoms with Crippen LogP contribution in [0.1, 0.15) is 30.8 Å². The van der Waals surface area contributed by atoms with Crippen LogP contribution in [0.15, 0.2) is 6.07 Å². The molecule has 0 bridgehead atoms. The maximum atomic E-state index is 9.15. The minimum atomic E-state index is -0.00915. The Labute approximate surface area is 107 Å². The summed E-state index contributed by atoms with van der Waals surface area (Å²) in [5.74, 6) is 0.884. The number of hydrogen-bond acceptors (Lipinski definition) is 4. The predicted molar refractivity (Wildman–Crippen MR) is 72.0 cm³/mol. The zero-order valence-electron chi connectivity index (χ0n) is 11.4. The van der Waals surface area contributed by atoms with E-state index in [2.05, 4.69) is 22.3 Å². The van der Waals surface area contributed by atoms with E-state index >= 15 is 0 Å². The Hall–Kier alpha value is -1.62. The topological polar surface area (TPSA) is 62.5 Å². The van der Waals surface area contributed by atoms with Gasteiger partial charge in [-0.2, -0.15) is 9.61 Å². The van der Waals surface area contributed by atoms with E-state index in [0.29, 0.717) is 0 Å². The molecule has 18 heavy (non-hydrogen) atoms. The number of nitrogens with one attached hydrogen (secondary N) is 1. The van der Waals surface area contributed by atoms with E-state index in [-0.39, 0.29) is 12.6 Å². The molecule has 2 heterocycles. The first-order valence-corrected chi connectivity index (χ1v) is 6.30. The molecule has 0 radical (unpaired) electrons. The van der Waals surface area contributed by atoms with E-state index in [9.17, 15) is 0 Å². The van der Waals surface area contributed by atoms with E-state index in [1.165, 1.54) is 0 Å². The molecule has 98 valence electrons. The summed E-state index contributed by atoms with van der Waals surface area (Å²) >= 11 is 0. The summed E-state index contributed by atoms with van der Waals surface area (Å²) < 4.78 is 1.82. The summed E-state index contributed by atoms with van der Waals surface area (Å²) in [6, 6.07) is 1.98. The number of aliphatic hydroxyl groups is 1. The van der Waals surface area contributed by atoms with Crippen molar-refractivity contribution in [3.63, 3.8) is 0 Å². The summed E-state index contributed by atoms with van der Waals surface area (Å²) in [6.45, 7) is 8.11. The molecule has 1 unspecified atom stereocenters. The van der Waals surface area contributed by atoms with Gasteiger partial charge in [0.2, 0.25) is 0 Å². The van der Waals surface area contributed by atoms with Gasteiger partial charge in [0.05, 0.1) is 12.3 Å². The van der Waals surface area contributed by atoms with Crippen molar-refractivity contribution in [1.82, 2.24) is 14.6 Å². The molecule has 2 N–H and O–H groups in total. The molecule has 5 nitrogen and oxygen atoms in total. The molecule has 0 aromatic carbocycles. The smallest absolute Gasteiger partial charge is 0.160 e. The third kappa shape index (κ3) is 2.18.